The SMILES string of the molecule is Cn1ccnc1C1CCCCC(Cl)C1. The highest BCUT2D eigenvalue weighted by Gasteiger charge is 2.22. The second kappa shape index (κ2) is 4.35. The van der Waals surface area contributed by atoms with E-state index in [4.69, 9.17) is 11.6 Å². The number of alkyl halides is 1. The second-order valence-corrected chi connectivity index (χ2v) is 4.83. The molecule has 0 N–H and O–H groups in total. The largest absolute Gasteiger partial charge is 0.338 e. The summed E-state index contributed by atoms with van der Waals surface area (Å²) < 4.78 is 2.12. The van der Waals surface area contributed by atoms with Crippen molar-refractivity contribution in [1.82, 2.24) is 9.55 Å². The minimum atomic E-state index is 0.346. The summed E-state index contributed by atoms with van der Waals surface area (Å²) >= 11 is 6.25. The average Bonchev–Trinajstić information content (AvgIpc) is 2.45. The monoisotopic (exact) mass is 212 g/mol. The summed E-state index contributed by atoms with van der Waals surface area (Å²) in [4.78, 5) is 4.42. The Bertz CT molecular complexity index is 295. The Morgan fingerprint density at radius 2 is 2.21 bits per heavy atom. The summed E-state index contributed by atoms with van der Waals surface area (Å²) in [6, 6.07) is 0. The predicted octanol–water partition coefficient (Wildman–Crippen LogP) is 3.08. The zero-order valence-electron chi connectivity index (χ0n) is 8.62. The van der Waals surface area contributed by atoms with Gasteiger partial charge in [0.05, 0.1) is 0 Å². The molecule has 1 fully saturated rings. The van der Waals surface area contributed by atoms with Crippen LogP contribution < -0.4 is 0 Å². The van der Waals surface area contributed by atoms with Crippen molar-refractivity contribution in [1.29, 1.82) is 0 Å². The van der Waals surface area contributed by atoms with Gasteiger partial charge in [-0.25, -0.2) is 4.98 Å². The molecule has 1 heterocycles. The maximum absolute atomic E-state index is 6.25. The molecule has 3 heteroatoms. The molecule has 0 bridgehead atoms. The molecule has 0 aliphatic heterocycles. The van der Waals surface area contributed by atoms with Crippen molar-refractivity contribution in [2.24, 2.45) is 7.05 Å². The summed E-state index contributed by atoms with van der Waals surface area (Å²) in [6.45, 7) is 0. The molecular formula is C11H17ClN2. The van der Waals surface area contributed by atoms with E-state index in [1.807, 2.05) is 12.4 Å². The fourth-order valence-corrected chi connectivity index (χ4v) is 2.68. The normalized spacial score (nSPS) is 28.7. The molecule has 0 amide bonds. The highest BCUT2D eigenvalue weighted by atomic mass is 35.5. The summed E-state index contributed by atoms with van der Waals surface area (Å²) in [5, 5.41) is 0.346. The predicted molar refractivity (Wildman–Crippen MR) is 58.7 cm³/mol. The molecule has 1 aliphatic carbocycles. The number of hydrogen-bond donors (Lipinski definition) is 0. The average molecular weight is 213 g/mol. The van der Waals surface area contributed by atoms with E-state index in [-0.39, 0.29) is 0 Å². The number of aryl methyl sites for hydroxylation is 1. The van der Waals surface area contributed by atoms with Gasteiger partial charge in [0.25, 0.3) is 0 Å². The van der Waals surface area contributed by atoms with Crippen LogP contribution in [-0.2, 0) is 7.05 Å². The Labute approximate surface area is 90.3 Å². The lowest BCUT2D eigenvalue weighted by atomic mass is 9.99. The third kappa shape index (κ3) is 2.11. The molecule has 0 spiro atoms. The lowest BCUT2D eigenvalue weighted by Gasteiger charge is -2.15. The topological polar surface area (TPSA) is 17.8 Å². The van der Waals surface area contributed by atoms with Gasteiger partial charge in [0.1, 0.15) is 5.82 Å². The van der Waals surface area contributed by atoms with Gasteiger partial charge in [-0.1, -0.05) is 12.8 Å². The molecule has 1 saturated carbocycles. The van der Waals surface area contributed by atoms with Crippen LogP contribution in [0.1, 0.15) is 43.8 Å². The number of aromatic nitrogens is 2. The first-order valence-corrected chi connectivity index (χ1v) is 5.82. The van der Waals surface area contributed by atoms with Crippen molar-refractivity contribution in [3.8, 4) is 0 Å². The number of nitrogens with zero attached hydrogens (tertiary/aromatic N) is 2. The van der Waals surface area contributed by atoms with Crippen LogP contribution in [0.5, 0.6) is 0 Å². The molecule has 14 heavy (non-hydrogen) atoms. The first-order chi connectivity index (χ1) is 6.77. The van der Waals surface area contributed by atoms with E-state index in [0.717, 1.165) is 6.42 Å². The summed E-state index contributed by atoms with van der Waals surface area (Å²) in [5.74, 6) is 1.78. The fourth-order valence-electron chi connectivity index (χ4n) is 2.31. The van der Waals surface area contributed by atoms with Gasteiger partial charge in [0, 0.05) is 30.7 Å². The zero-order valence-corrected chi connectivity index (χ0v) is 9.37. The van der Waals surface area contributed by atoms with Crippen molar-refractivity contribution < 1.29 is 0 Å². The highest BCUT2D eigenvalue weighted by molar-refractivity contribution is 6.20. The van der Waals surface area contributed by atoms with Crippen LogP contribution in [0.3, 0.4) is 0 Å². The molecule has 1 aromatic heterocycles. The molecule has 2 rings (SSSR count). The van der Waals surface area contributed by atoms with Crippen LogP contribution in [0.15, 0.2) is 12.4 Å². The molecule has 1 aliphatic rings. The Morgan fingerprint density at radius 3 is 2.93 bits per heavy atom. The van der Waals surface area contributed by atoms with Crippen LogP contribution in [0, 0.1) is 0 Å². The van der Waals surface area contributed by atoms with Gasteiger partial charge in [-0.2, -0.15) is 0 Å². The first kappa shape index (κ1) is 10.0. The third-order valence-corrected chi connectivity index (χ3v) is 3.48. The number of rotatable bonds is 1. The quantitative estimate of drug-likeness (QED) is 0.517. The van der Waals surface area contributed by atoms with Crippen LogP contribution in [0.2, 0.25) is 0 Å². The number of imidazole rings is 1. The number of halogens is 1. The first-order valence-electron chi connectivity index (χ1n) is 5.38. The molecule has 0 saturated heterocycles. The van der Waals surface area contributed by atoms with E-state index in [0.29, 0.717) is 11.3 Å². The number of hydrogen-bond acceptors (Lipinski definition) is 1. The maximum atomic E-state index is 6.25. The molecule has 2 atom stereocenters. The molecule has 78 valence electrons. The zero-order chi connectivity index (χ0) is 9.97. The van der Waals surface area contributed by atoms with Crippen LogP contribution in [-0.4, -0.2) is 14.9 Å². The van der Waals surface area contributed by atoms with E-state index in [2.05, 4.69) is 16.6 Å². The molecule has 1 aromatic rings. The van der Waals surface area contributed by atoms with Gasteiger partial charge >= 0.3 is 0 Å². The van der Waals surface area contributed by atoms with Crippen molar-refractivity contribution in [2.45, 2.75) is 43.4 Å². The van der Waals surface area contributed by atoms with Crippen LogP contribution in [0.25, 0.3) is 0 Å². The Hall–Kier alpha value is -0.500. The highest BCUT2D eigenvalue weighted by Crippen LogP contribution is 2.32. The van der Waals surface area contributed by atoms with Gasteiger partial charge in [-0.3, -0.25) is 0 Å². The van der Waals surface area contributed by atoms with E-state index in [1.54, 1.807) is 0 Å². The van der Waals surface area contributed by atoms with Gasteiger partial charge < -0.3 is 4.57 Å². The molecule has 2 nitrogen and oxygen atoms in total. The minimum absolute atomic E-state index is 0.346. The molecular weight excluding hydrogens is 196 g/mol. The van der Waals surface area contributed by atoms with Crippen molar-refractivity contribution in [3.05, 3.63) is 18.2 Å². The third-order valence-electron chi connectivity index (χ3n) is 3.08. The molecule has 2 unspecified atom stereocenters. The van der Waals surface area contributed by atoms with Gasteiger partial charge in [0.2, 0.25) is 0 Å². The van der Waals surface area contributed by atoms with E-state index in [9.17, 15) is 0 Å². The van der Waals surface area contributed by atoms with Crippen LogP contribution >= 0.6 is 11.6 Å². The van der Waals surface area contributed by atoms with Crippen molar-refractivity contribution in [3.63, 3.8) is 0 Å². The van der Waals surface area contributed by atoms with Crippen LogP contribution in [0.4, 0.5) is 0 Å². The summed E-state index contributed by atoms with van der Waals surface area (Å²) in [7, 11) is 2.07. The Morgan fingerprint density at radius 1 is 1.43 bits per heavy atom. The fraction of sp³-hybridized carbons (Fsp3) is 0.727. The van der Waals surface area contributed by atoms with E-state index < -0.39 is 0 Å². The van der Waals surface area contributed by atoms with Crippen molar-refractivity contribution in [2.75, 3.05) is 0 Å². The molecule has 0 aromatic carbocycles. The minimum Gasteiger partial charge on any atom is -0.338 e. The smallest absolute Gasteiger partial charge is 0.111 e. The molecule has 0 radical (unpaired) electrons. The lowest BCUT2D eigenvalue weighted by molar-refractivity contribution is 0.545. The summed E-state index contributed by atoms with van der Waals surface area (Å²) in [5.41, 5.74) is 0. The lowest BCUT2D eigenvalue weighted by Crippen LogP contribution is -2.09. The second-order valence-electron chi connectivity index (χ2n) is 4.21. The Kier molecular flexibility index (Phi) is 3.12. The standard InChI is InChI=1S/C11H17ClN2/c1-14-7-6-13-11(14)9-4-2-3-5-10(12)8-9/h6-7,9-10H,2-5,8H2,1H3. The van der Waals surface area contributed by atoms with Crippen molar-refractivity contribution >= 4 is 11.6 Å². The van der Waals surface area contributed by atoms with Gasteiger partial charge in [0.15, 0.2) is 0 Å². The maximum Gasteiger partial charge on any atom is 0.111 e. The van der Waals surface area contributed by atoms with Gasteiger partial charge in [-0.15, -0.1) is 11.6 Å². The van der Waals surface area contributed by atoms with E-state index >= 15 is 0 Å². The Balaban J connectivity index is 2.13. The summed E-state index contributed by atoms with van der Waals surface area (Å²) in [6.07, 6.45) is 9.96. The van der Waals surface area contributed by atoms with E-state index in [1.165, 1.54) is 31.5 Å². The van der Waals surface area contributed by atoms with Gasteiger partial charge in [-0.05, 0) is 19.3 Å².